The van der Waals surface area contributed by atoms with E-state index in [0.29, 0.717) is 5.56 Å². The molecule has 4 heteroatoms. The van der Waals surface area contributed by atoms with Crippen LogP contribution in [0.5, 0.6) is 0 Å². The number of aromatic nitrogens is 1. The van der Waals surface area contributed by atoms with Crippen LogP contribution in [0.2, 0.25) is 0 Å². The minimum Gasteiger partial charge on any atom is -0.322 e. The van der Waals surface area contributed by atoms with Gasteiger partial charge in [-0.05, 0) is 80.1 Å². The lowest BCUT2D eigenvalue weighted by atomic mass is 10.0. The van der Waals surface area contributed by atoms with Crippen molar-refractivity contribution in [1.82, 2.24) is 4.98 Å². The Morgan fingerprint density at radius 1 is 0.929 bits per heavy atom. The van der Waals surface area contributed by atoms with E-state index >= 15 is 0 Å². The summed E-state index contributed by atoms with van der Waals surface area (Å²) in [7, 11) is 0. The van der Waals surface area contributed by atoms with Gasteiger partial charge in [0.05, 0.1) is 21.7 Å². The number of benzene rings is 2. The molecule has 28 heavy (non-hydrogen) atoms. The molecule has 4 rings (SSSR count). The number of nitrogens with zero attached hydrogens (tertiary/aromatic N) is 1. The Hall–Kier alpha value is -2.98. The maximum atomic E-state index is 13.2. The van der Waals surface area contributed by atoms with Gasteiger partial charge in [0, 0.05) is 11.1 Å². The minimum atomic E-state index is -0.113. The number of pyridine rings is 1. The Kier molecular flexibility index (Phi) is 4.73. The van der Waals surface area contributed by atoms with Crippen molar-refractivity contribution in [3.63, 3.8) is 0 Å². The molecule has 3 nitrogen and oxygen atoms in total. The summed E-state index contributed by atoms with van der Waals surface area (Å²) in [4.78, 5) is 19.2. The van der Waals surface area contributed by atoms with Crippen LogP contribution in [0.1, 0.15) is 32.6 Å². The SMILES string of the molecule is Cc1cc(C)c2nc(-c3cccs3)cc(C(=O)Nc3ccc(C)c(C)c3)c2c1. The van der Waals surface area contributed by atoms with E-state index in [2.05, 4.69) is 25.2 Å². The van der Waals surface area contributed by atoms with Crippen molar-refractivity contribution in [2.45, 2.75) is 27.7 Å². The average molecular weight is 387 g/mol. The van der Waals surface area contributed by atoms with E-state index in [-0.39, 0.29) is 5.91 Å². The first kappa shape index (κ1) is 18.4. The molecule has 0 bridgehead atoms. The fourth-order valence-electron chi connectivity index (χ4n) is 3.44. The summed E-state index contributed by atoms with van der Waals surface area (Å²) in [5.41, 5.74) is 7.73. The summed E-state index contributed by atoms with van der Waals surface area (Å²) in [5, 5.41) is 5.98. The highest BCUT2D eigenvalue weighted by Gasteiger charge is 2.16. The average Bonchev–Trinajstić information content (AvgIpc) is 3.19. The van der Waals surface area contributed by atoms with Gasteiger partial charge >= 0.3 is 0 Å². The molecule has 0 aliphatic rings. The maximum Gasteiger partial charge on any atom is 0.256 e. The first-order chi connectivity index (χ1) is 13.4. The van der Waals surface area contributed by atoms with Gasteiger partial charge in [0.15, 0.2) is 0 Å². The number of anilines is 1. The Labute approximate surface area is 169 Å². The third-order valence-corrected chi connectivity index (χ3v) is 5.92. The Morgan fingerprint density at radius 3 is 2.46 bits per heavy atom. The second kappa shape index (κ2) is 7.21. The predicted octanol–water partition coefficient (Wildman–Crippen LogP) is 6.45. The van der Waals surface area contributed by atoms with Crippen molar-refractivity contribution < 1.29 is 4.79 Å². The number of rotatable bonds is 3. The fraction of sp³-hybridized carbons (Fsp3) is 0.167. The number of amides is 1. The normalized spacial score (nSPS) is 11.0. The fourth-order valence-corrected chi connectivity index (χ4v) is 4.12. The van der Waals surface area contributed by atoms with Crippen LogP contribution in [0.4, 0.5) is 5.69 Å². The smallest absolute Gasteiger partial charge is 0.256 e. The van der Waals surface area contributed by atoms with E-state index in [0.717, 1.165) is 43.9 Å². The predicted molar refractivity (Wildman–Crippen MR) is 118 cm³/mol. The number of carbonyl (C=O) groups excluding carboxylic acids is 1. The topological polar surface area (TPSA) is 42.0 Å². The molecular formula is C24H22N2OS. The summed E-state index contributed by atoms with van der Waals surface area (Å²) in [6, 6.07) is 16.1. The summed E-state index contributed by atoms with van der Waals surface area (Å²) in [6.45, 7) is 8.21. The Bertz CT molecular complexity index is 1190. The Balaban J connectivity index is 1.86. The molecule has 0 saturated heterocycles. The van der Waals surface area contributed by atoms with Crippen LogP contribution in [0, 0.1) is 27.7 Å². The van der Waals surface area contributed by atoms with Crippen molar-refractivity contribution in [3.8, 4) is 10.6 Å². The quantitative estimate of drug-likeness (QED) is 0.440. The number of aryl methyl sites for hydroxylation is 4. The number of carbonyl (C=O) groups is 1. The van der Waals surface area contributed by atoms with Crippen LogP contribution in [0.15, 0.2) is 53.9 Å². The molecule has 1 amide bonds. The zero-order chi connectivity index (χ0) is 19.8. The van der Waals surface area contributed by atoms with Gasteiger partial charge in [0.2, 0.25) is 0 Å². The molecule has 2 aromatic carbocycles. The van der Waals surface area contributed by atoms with Gasteiger partial charge in [-0.2, -0.15) is 0 Å². The van der Waals surface area contributed by atoms with Crippen LogP contribution >= 0.6 is 11.3 Å². The van der Waals surface area contributed by atoms with Gasteiger partial charge in [-0.1, -0.05) is 23.8 Å². The van der Waals surface area contributed by atoms with Crippen molar-refractivity contribution >= 4 is 33.8 Å². The first-order valence-corrected chi connectivity index (χ1v) is 10.1. The molecule has 0 aliphatic carbocycles. The maximum absolute atomic E-state index is 13.2. The van der Waals surface area contributed by atoms with Crippen LogP contribution in [-0.4, -0.2) is 10.9 Å². The second-order valence-electron chi connectivity index (χ2n) is 7.26. The van der Waals surface area contributed by atoms with Crippen molar-refractivity contribution in [1.29, 1.82) is 0 Å². The highest BCUT2D eigenvalue weighted by molar-refractivity contribution is 7.13. The first-order valence-electron chi connectivity index (χ1n) is 9.27. The summed E-state index contributed by atoms with van der Waals surface area (Å²) >= 11 is 1.63. The lowest BCUT2D eigenvalue weighted by Gasteiger charge is -2.13. The molecule has 0 saturated carbocycles. The minimum absolute atomic E-state index is 0.113. The highest BCUT2D eigenvalue weighted by Crippen LogP contribution is 2.30. The van der Waals surface area contributed by atoms with E-state index in [1.807, 2.05) is 61.7 Å². The molecule has 2 heterocycles. The third kappa shape index (κ3) is 3.43. The van der Waals surface area contributed by atoms with Crippen LogP contribution < -0.4 is 5.32 Å². The molecule has 0 radical (unpaired) electrons. The zero-order valence-corrected chi connectivity index (χ0v) is 17.3. The summed E-state index contributed by atoms with van der Waals surface area (Å²) in [5.74, 6) is -0.113. The molecule has 0 unspecified atom stereocenters. The summed E-state index contributed by atoms with van der Waals surface area (Å²) in [6.07, 6.45) is 0. The summed E-state index contributed by atoms with van der Waals surface area (Å²) < 4.78 is 0. The molecule has 0 spiro atoms. The molecule has 0 atom stereocenters. The molecule has 1 N–H and O–H groups in total. The van der Waals surface area contributed by atoms with E-state index in [9.17, 15) is 4.79 Å². The Morgan fingerprint density at radius 2 is 1.75 bits per heavy atom. The number of thiophene rings is 1. The lowest BCUT2D eigenvalue weighted by Crippen LogP contribution is -2.13. The molecule has 2 aromatic heterocycles. The second-order valence-corrected chi connectivity index (χ2v) is 8.21. The number of nitrogens with one attached hydrogen (secondary N) is 1. The lowest BCUT2D eigenvalue weighted by molar-refractivity contribution is 0.102. The molecule has 0 aliphatic heterocycles. The van der Waals surface area contributed by atoms with E-state index < -0.39 is 0 Å². The van der Waals surface area contributed by atoms with Crippen molar-refractivity contribution in [3.05, 3.63) is 81.7 Å². The monoisotopic (exact) mass is 386 g/mol. The van der Waals surface area contributed by atoms with E-state index in [1.54, 1.807) is 11.3 Å². The van der Waals surface area contributed by atoms with Crippen molar-refractivity contribution in [2.75, 3.05) is 5.32 Å². The van der Waals surface area contributed by atoms with E-state index in [4.69, 9.17) is 4.98 Å². The molecule has 4 aromatic rings. The van der Waals surface area contributed by atoms with Gasteiger partial charge in [0.1, 0.15) is 0 Å². The molecule has 140 valence electrons. The van der Waals surface area contributed by atoms with Gasteiger partial charge in [-0.25, -0.2) is 4.98 Å². The third-order valence-electron chi connectivity index (χ3n) is 5.03. The van der Waals surface area contributed by atoms with Crippen LogP contribution in [-0.2, 0) is 0 Å². The van der Waals surface area contributed by atoms with E-state index in [1.165, 1.54) is 5.56 Å². The number of hydrogen-bond donors (Lipinski definition) is 1. The van der Waals surface area contributed by atoms with Gasteiger partial charge in [-0.3, -0.25) is 4.79 Å². The molecular weight excluding hydrogens is 364 g/mol. The standard InChI is InChI=1S/C24H22N2OS/c1-14-10-17(4)23-19(11-14)20(13-21(26-23)22-6-5-9-28-22)24(27)25-18-8-7-15(2)16(3)12-18/h5-13H,1-4H3,(H,25,27). The van der Waals surface area contributed by atoms with Crippen LogP contribution in [0.3, 0.4) is 0 Å². The van der Waals surface area contributed by atoms with Gasteiger partial charge in [0.25, 0.3) is 5.91 Å². The zero-order valence-electron chi connectivity index (χ0n) is 16.5. The largest absolute Gasteiger partial charge is 0.322 e. The van der Waals surface area contributed by atoms with Gasteiger partial charge < -0.3 is 5.32 Å². The van der Waals surface area contributed by atoms with Crippen LogP contribution in [0.25, 0.3) is 21.5 Å². The number of fused-ring (bicyclic) bond motifs is 1. The van der Waals surface area contributed by atoms with Gasteiger partial charge in [-0.15, -0.1) is 11.3 Å². The molecule has 0 fully saturated rings. The van der Waals surface area contributed by atoms with Crippen molar-refractivity contribution in [2.24, 2.45) is 0 Å². The highest BCUT2D eigenvalue weighted by atomic mass is 32.1. The number of hydrogen-bond acceptors (Lipinski definition) is 3.